The van der Waals surface area contributed by atoms with Crippen LogP contribution in [0.25, 0.3) is 11.4 Å². The summed E-state index contributed by atoms with van der Waals surface area (Å²) in [6.07, 6.45) is 1.60. The summed E-state index contributed by atoms with van der Waals surface area (Å²) >= 11 is 0. The van der Waals surface area contributed by atoms with E-state index in [-0.39, 0.29) is 6.04 Å². The predicted molar refractivity (Wildman–Crippen MR) is 74.3 cm³/mol. The van der Waals surface area contributed by atoms with Gasteiger partial charge in [0.25, 0.3) is 0 Å². The Morgan fingerprint density at radius 1 is 1.35 bits per heavy atom. The van der Waals surface area contributed by atoms with Crippen molar-refractivity contribution in [1.82, 2.24) is 10.1 Å². The van der Waals surface area contributed by atoms with Gasteiger partial charge < -0.3 is 19.7 Å². The van der Waals surface area contributed by atoms with Crippen molar-refractivity contribution >= 4 is 0 Å². The first-order chi connectivity index (χ1) is 9.74. The lowest BCUT2D eigenvalue weighted by molar-refractivity contribution is 0.188. The topological polar surface area (TPSA) is 83.4 Å². The van der Waals surface area contributed by atoms with E-state index in [1.165, 1.54) is 0 Å². The zero-order valence-electron chi connectivity index (χ0n) is 11.7. The van der Waals surface area contributed by atoms with E-state index in [4.69, 9.17) is 19.7 Å². The molecule has 2 rings (SSSR count). The van der Waals surface area contributed by atoms with E-state index in [9.17, 15) is 0 Å². The first-order valence-electron chi connectivity index (χ1n) is 6.47. The molecule has 1 aromatic carbocycles. The molecule has 108 valence electrons. The molecular weight excluding hydrogens is 258 g/mol. The fraction of sp³-hybridized carbons (Fsp3) is 0.429. The van der Waals surface area contributed by atoms with E-state index < -0.39 is 0 Å². The monoisotopic (exact) mass is 277 g/mol. The van der Waals surface area contributed by atoms with Crippen LogP contribution in [0.4, 0.5) is 0 Å². The highest BCUT2D eigenvalue weighted by Gasteiger charge is 2.15. The molecule has 6 heteroatoms. The van der Waals surface area contributed by atoms with Gasteiger partial charge in [0.05, 0.1) is 13.2 Å². The van der Waals surface area contributed by atoms with Crippen molar-refractivity contribution in [3.8, 4) is 17.1 Å². The molecule has 0 saturated carbocycles. The standard InChI is InChI=1S/C14H19N3O3/c1-18-8-4-7-12(15)14-16-13(17-20-14)10-5-3-6-11(9-10)19-2/h3,5-6,9,12H,4,7-8,15H2,1-2H3. The zero-order chi connectivity index (χ0) is 14.4. The number of nitrogens with zero attached hydrogens (tertiary/aromatic N) is 2. The van der Waals surface area contributed by atoms with Gasteiger partial charge in [-0.25, -0.2) is 0 Å². The normalized spacial score (nSPS) is 12.3. The van der Waals surface area contributed by atoms with Crippen LogP contribution in [-0.4, -0.2) is 31.0 Å². The van der Waals surface area contributed by atoms with Gasteiger partial charge in [-0.1, -0.05) is 17.3 Å². The zero-order valence-corrected chi connectivity index (χ0v) is 11.7. The average Bonchev–Trinajstić information content (AvgIpc) is 2.97. The van der Waals surface area contributed by atoms with Crippen LogP contribution in [0.3, 0.4) is 0 Å². The van der Waals surface area contributed by atoms with Crippen LogP contribution in [0.5, 0.6) is 5.75 Å². The van der Waals surface area contributed by atoms with Crippen LogP contribution in [0.2, 0.25) is 0 Å². The lowest BCUT2D eigenvalue weighted by atomic mass is 10.1. The maximum Gasteiger partial charge on any atom is 0.243 e. The highest BCUT2D eigenvalue weighted by Crippen LogP contribution is 2.23. The number of rotatable bonds is 7. The molecule has 1 heterocycles. The molecule has 0 aliphatic rings. The van der Waals surface area contributed by atoms with E-state index in [1.807, 2.05) is 24.3 Å². The summed E-state index contributed by atoms with van der Waals surface area (Å²) < 4.78 is 15.4. The van der Waals surface area contributed by atoms with Gasteiger partial charge >= 0.3 is 0 Å². The summed E-state index contributed by atoms with van der Waals surface area (Å²) in [7, 11) is 3.28. The maximum atomic E-state index is 6.01. The predicted octanol–water partition coefficient (Wildman–Crippen LogP) is 2.17. The van der Waals surface area contributed by atoms with Gasteiger partial charge in [-0.3, -0.25) is 0 Å². The molecule has 0 fully saturated rings. The van der Waals surface area contributed by atoms with Crippen molar-refractivity contribution in [2.75, 3.05) is 20.8 Å². The molecule has 0 spiro atoms. The third-order valence-corrected chi connectivity index (χ3v) is 2.95. The number of hydrogen-bond acceptors (Lipinski definition) is 6. The summed E-state index contributed by atoms with van der Waals surface area (Å²) in [5, 5.41) is 3.96. The molecule has 0 aliphatic heterocycles. The summed E-state index contributed by atoms with van der Waals surface area (Å²) in [5.41, 5.74) is 6.84. The van der Waals surface area contributed by atoms with E-state index >= 15 is 0 Å². The van der Waals surface area contributed by atoms with Gasteiger partial charge in [0, 0.05) is 19.3 Å². The number of methoxy groups -OCH3 is 2. The van der Waals surface area contributed by atoms with Crippen molar-refractivity contribution in [2.45, 2.75) is 18.9 Å². The highest BCUT2D eigenvalue weighted by molar-refractivity contribution is 5.56. The largest absolute Gasteiger partial charge is 0.497 e. The molecule has 0 saturated heterocycles. The molecule has 1 unspecified atom stereocenters. The Morgan fingerprint density at radius 2 is 2.20 bits per heavy atom. The number of ether oxygens (including phenoxy) is 2. The van der Waals surface area contributed by atoms with Gasteiger partial charge in [0.2, 0.25) is 11.7 Å². The summed E-state index contributed by atoms with van der Waals surface area (Å²) in [5.74, 6) is 1.71. The van der Waals surface area contributed by atoms with Crippen molar-refractivity contribution in [3.63, 3.8) is 0 Å². The Morgan fingerprint density at radius 3 is 2.95 bits per heavy atom. The van der Waals surface area contributed by atoms with Crippen LogP contribution in [0, 0.1) is 0 Å². The first kappa shape index (κ1) is 14.5. The second kappa shape index (κ2) is 7.02. The minimum Gasteiger partial charge on any atom is -0.497 e. The molecule has 20 heavy (non-hydrogen) atoms. The Kier molecular flexibility index (Phi) is 5.09. The molecule has 2 N–H and O–H groups in total. The van der Waals surface area contributed by atoms with Crippen LogP contribution < -0.4 is 10.5 Å². The summed E-state index contributed by atoms with van der Waals surface area (Å²) in [6, 6.07) is 7.22. The van der Waals surface area contributed by atoms with Crippen LogP contribution in [-0.2, 0) is 4.74 Å². The molecule has 0 bridgehead atoms. The van der Waals surface area contributed by atoms with Crippen molar-refractivity contribution < 1.29 is 14.0 Å². The number of aromatic nitrogens is 2. The Balaban J connectivity index is 2.07. The summed E-state index contributed by atoms with van der Waals surface area (Å²) in [4.78, 5) is 4.34. The van der Waals surface area contributed by atoms with E-state index in [0.29, 0.717) is 18.3 Å². The minimum absolute atomic E-state index is 0.267. The van der Waals surface area contributed by atoms with Crippen molar-refractivity contribution in [3.05, 3.63) is 30.2 Å². The summed E-state index contributed by atoms with van der Waals surface area (Å²) in [6.45, 7) is 0.671. The Labute approximate surface area is 117 Å². The fourth-order valence-corrected chi connectivity index (χ4v) is 1.84. The highest BCUT2D eigenvalue weighted by atomic mass is 16.5. The molecule has 0 amide bonds. The number of nitrogens with two attached hydrogens (primary N) is 1. The molecule has 6 nitrogen and oxygen atoms in total. The molecule has 1 atom stereocenters. The third kappa shape index (κ3) is 3.55. The lowest BCUT2D eigenvalue weighted by Gasteiger charge is -2.05. The second-order valence-corrected chi connectivity index (χ2v) is 4.43. The third-order valence-electron chi connectivity index (χ3n) is 2.95. The molecular formula is C14H19N3O3. The maximum absolute atomic E-state index is 6.01. The van der Waals surface area contributed by atoms with Gasteiger partial charge in [-0.2, -0.15) is 4.98 Å². The van der Waals surface area contributed by atoms with E-state index in [1.54, 1.807) is 14.2 Å². The number of benzene rings is 1. The van der Waals surface area contributed by atoms with Gasteiger partial charge in [0.1, 0.15) is 5.75 Å². The smallest absolute Gasteiger partial charge is 0.243 e. The van der Waals surface area contributed by atoms with Gasteiger partial charge in [-0.05, 0) is 25.0 Å². The lowest BCUT2D eigenvalue weighted by Crippen LogP contribution is -2.11. The minimum atomic E-state index is -0.267. The van der Waals surface area contributed by atoms with Crippen molar-refractivity contribution in [2.24, 2.45) is 5.73 Å². The molecule has 0 radical (unpaired) electrons. The molecule has 2 aromatic rings. The SMILES string of the molecule is COCCCC(N)c1nc(-c2cccc(OC)c2)no1. The molecule has 1 aromatic heterocycles. The van der Waals surface area contributed by atoms with E-state index in [2.05, 4.69) is 10.1 Å². The Bertz CT molecular complexity index is 542. The molecule has 0 aliphatic carbocycles. The Hall–Kier alpha value is -1.92. The van der Waals surface area contributed by atoms with E-state index in [0.717, 1.165) is 24.2 Å². The van der Waals surface area contributed by atoms with Crippen LogP contribution in [0.15, 0.2) is 28.8 Å². The van der Waals surface area contributed by atoms with Crippen LogP contribution in [0.1, 0.15) is 24.8 Å². The first-order valence-corrected chi connectivity index (χ1v) is 6.47. The average molecular weight is 277 g/mol. The van der Waals surface area contributed by atoms with Gasteiger partial charge in [0.15, 0.2) is 0 Å². The second-order valence-electron chi connectivity index (χ2n) is 4.43. The fourth-order valence-electron chi connectivity index (χ4n) is 1.84. The number of hydrogen-bond donors (Lipinski definition) is 1. The van der Waals surface area contributed by atoms with Crippen molar-refractivity contribution in [1.29, 1.82) is 0 Å². The van der Waals surface area contributed by atoms with Gasteiger partial charge in [-0.15, -0.1) is 0 Å². The quantitative estimate of drug-likeness (QED) is 0.781. The van der Waals surface area contributed by atoms with Crippen LogP contribution >= 0.6 is 0 Å².